The average molecular weight is 298 g/mol. The van der Waals surface area contributed by atoms with Crippen LogP contribution in [-0.4, -0.2) is 35.2 Å². The monoisotopic (exact) mass is 297 g/mol. The van der Waals surface area contributed by atoms with Gasteiger partial charge in [-0.3, -0.25) is 0 Å². The fourth-order valence-corrected chi connectivity index (χ4v) is 3.37. The van der Waals surface area contributed by atoms with Crippen LogP contribution in [0.25, 0.3) is 0 Å². The summed E-state index contributed by atoms with van der Waals surface area (Å²) in [5.74, 6) is 0. The molecule has 0 aromatic carbocycles. The van der Waals surface area contributed by atoms with Crippen molar-refractivity contribution in [3.63, 3.8) is 0 Å². The zero-order chi connectivity index (χ0) is 15.4. The molecule has 1 aliphatic rings. The SMILES string of the molecule is CCCCCCCCCCCCN1CCCC(C)(O)CC1. The van der Waals surface area contributed by atoms with Crippen molar-refractivity contribution < 1.29 is 5.11 Å². The van der Waals surface area contributed by atoms with Crippen molar-refractivity contribution in [1.82, 2.24) is 4.90 Å². The summed E-state index contributed by atoms with van der Waals surface area (Å²) in [5.41, 5.74) is -0.410. The zero-order valence-corrected chi connectivity index (χ0v) is 14.7. The standard InChI is InChI=1S/C19H39NO/c1-3-4-5-6-7-8-9-10-11-12-16-20-17-13-14-19(2,21)15-18-20/h21H,3-18H2,1-2H3. The van der Waals surface area contributed by atoms with Crippen LogP contribution in [0.4, 0.5) is 0 Å². The minimum absolute atomic E-state index is 0.410. The summed E-state index contributed by atoms with van der Waals surface area (Å²) in [4.78, 5) is 2.56. The molecule has 1 rings (SSSR count). The van der Waals surface area contributed by atoms with Crippen molar-refractivity contribution in [2.75, 3.05) is 19.6 Å². The number of rotatable bonds is 11. The molecule has 126 valence electrons. The summed E-state index contributed by atoms with van der Waals surface area (Å²) in [5, 5.41) is 10.1. The largest absolute Gasteiger partial charge is 0.390 e. The van der Waals surface area contributed by atoms with Gasteiger partial charge in [-0.25, -0.2) is 0 Å². The van der Waals surface area contributed by atoms with Crippen LogP contribution in [0.5, 0.6) is 0 Å². The van der Waals surface area contributed by atoms with Crippen LogP contribution in [0.3, 0.4) is 0 Å². The molecule has 21 heavy (non-hydrogen) atoms. The highest BCUT2D eigenvalue weighted by Crippen LogP contribution is 2.21. The highest BCUT2D eigenvalue weighted by atomic mass is 16.3. The van der Waals surface area contributed by atoms with Crippen LogP contribution in [0.15, 0.2) is 0 Å². The van der Waals surface area contributed by atoms with Gasteiger partial charge in [0, 0.05) is 6.54 Å². The molecule has 2 heteroatoms. The molecule has 1 fully saturated rings. The van der Waals surface area contributed by atoms with E-state index >= 15 is 0 Å². The molecule has 0 amide bonds. The number of hydrogen-bond donors (Lipinski definition) is 1. The van der Waals surface area contributed by atoms with Crippen molar-refractivity contribution in [2.45, 2.75) is 103 Å². The molecule has 1 N–H and O–H groups in total. The second-order valence-electron chi connectivity index (χ2n) is 7.37. The van der Waals surface area contributed by atoms with Crippen molar-refractivity contribution in [3.05, 3.63) is 0 Å². The van der Waals surface area contributed by atoms with Crippen molar-refractivity contribution >= 4 is 0 Å². The quantitative estimate of drug-likeness (QED) is 0.533. The van der Waals surface area contributed by atoms with Gasteiger partial charge in [-0.2, -0.15) is 0 Å². The van der Waals surface area contributed by atoms with Gasteiger partial charge in [-0.05, 0) is 45.7 Å². The summed E-state index contributed by atoms with van der Waals surface area (Å²) in [6, 6.07) is 0. The number of likely N-dealkylation sites (tertiary alicyclic amines) is 1. The summed E-state index contributed by atoms with van der Waals surface area (Å²) >= 11 is 0. The van der Waals surface area contributed by atoms with E-state index in [1.807, 2.05) is 6.92 Å². The van der Waals surface area contributed by atoms with Gasteiger partial charge in [0.2, 0.25) is 0 Å². The molecule has 1 aliphatic heterocycles. The van der Waals surface area contributed by atoms with E-state index < -0.39 is 5.60 Å². The minimum atomic E-state index is -0.410. The maximum atomic E-state index is 10.1. The molecule has 0 radical (unpaired) electrons. The normalized spacial score (nSPS) is 24.1. The van der Waals surface area contributed by atoms with Crippen molar-refractivity contribution in [3.8, 4) is 0 Å². The summed E-state index contributed by atoms with van der Waals surface area (Å²) in [7, 11) is 0. The Labute approximate surface area is 133 Å². The third-order valence-corrected chi connectivity index (χ3v) is 4.98. The first kappa shape index (κ1) is 19.0. The predicted octanol–water partition coefficient (Wildman–Crippen LogP) is 5.14. The smallest absolute Gasteiger partial charge is 0.0632 e. The zero-order valence-electron chi connectivity index (χ0n) is 14.7. The summed E-state index contributed by atoms with van der Waals surface area (Å²) in [6.07, 6.45) is 17.2. The second-order valence-corrected chi connectivity index (χ2v) is 7.37. The lowest BCUT2D eigenvalue weighted by molar-refractivity contribution is 0.0446. The van der Waals surface area contributed by atoms with Gasteiger partial charge in [-0.1, -0.05) is 64.7 Å². The molecular formula is C19H39NO. The van der Waals surface area contributed by atoms with E-state index in [1.165, 1.54) is 77.3 Å². The molecule has 0 aromatic rings. The first-order chi connectivity index (χ1) is 10.1. The third-order valence-electron chi connectivity index (χ3n) is 4.98. The Bertz CT molecular complexity index is 240. The van der Waals surface area contributed by atoms with E-state index in [0.29, 0.717) is 0 Å². The maximum Gasteiger partial charge on any atom is 0.0632 e. The molecule has 0 bridgehead atoms. The topological polar surface area (TPSA) is 23.5 Å². The fraction of sp³-hybridized carbons (Fsp3) is 1.00. The Hall–Kier alpha value is -0.0800. The van der Waals surface area contributed by atoms with Gasteiger partial charge in [0.05, 0.1) is 5.60 Å². The average Bonchev–Trinajstić information content (AvgIpc) is 2.62. The summed E-state index contributed by atoms with van der Waals surface area (Å²) < 4.78 is 0. The molecule has 0 spiro atoms. The number of unbranched alkanes of at least 4 members (excludes halogenated alkanes) is 9. The second kappa shape index (κ2) is 11.5. The van der Waals surface area contributed by atoms with Gasteiger partial charge >= 0.3 is 0 Å². The summed E-state index contributed by atoms with van der Waals surface area (Å²) in [6.45, 7) is 7.80. The van der Waals surface area contributed by atoms with Gasteiger partial charge in [-0.15, -0.1) is 0 Å². The Morgan fingerprint density at radius 1 is 0.810 bits per heavy atom. The van der Waals surface area contributed by atoms with Gasteiger partial charge in [0.15, 0.2) is 0 Å². The van der Waals surface area contributed by atoms with E-state index in [0.717, 1.165) is 25.8 Å². The molecule has 0 aliphatic carbocycles. The highest BCUT2D eigenvalue weighted by molar-refractivity contribution is 4.78. The number of aliphatic hydroxyl groups is 1. The molecule has 2 nitrogen and oxygen atoms in total. The highest BCUT2D eigenvalue weighted by Gasteiger charge is 2.24. The molecular weight excluding hydrogens is 258 g/mol. The van der Waals surface area contributed by atoms with Gasteiger partial charge in [0.1, 0.15) is 0 Å². The lowest BCUT2D eigenvalue weighted by Crippen LogP contribution is -2.29. The molecule has 1 unspecified atom stereocenters. The van der Waals surface area contributed by atoms with Crippen LogP contribution in [-0.2, 0) is 0 Å². The predicted molar refractivity (Wildman–Crippen MR) is 92.8 cm³/mol. The van der Waals surface area contributed by atoms with Crippen molar-refractivity contribution in [1.29, 1.82) is 0 Å². The fourth-order valence-electron chi connectivity index (χ4n) is 3.37. The first-order valence-corrected chi connectivity index (χ1v) is 9.59. The molecule has 1 heterocycles. The van der Waals surface area contributed by atoms with E-state index in [1.54, 1.807) is 0 Å². The molecule has 1 saturated heterocycles. The van der Waals surface area contributed by atoms with E-state index in [9.17, 15) is 5.11 Å². The number of nitrogens with zero attached hydrogens (tertiary/aromatic N) is 1. The lowest BCUT2D eigenvalue weighted by atomic mass is 9.98. The lowest BCUT2D eigenvalue weighted by Gasteiger charge is -2.22. The third kappa shape index (κ3) is 10.3. The maximum absolute atomic E-state index is 10.1. The van der Waals surface area contributed by atoms with Crippen LogP contribution in [0, 0.1) is 0 Å². The Morgan fingerprint density at radius 3 is 2.00 bits per heavy atom. The van der Waals surface area contributed by atoms with Crippen LogP contribution < -0.4 is 0 Å². The molecule has 0 saturated carbocycles. The molecule has 1 atom stereocenters. The minimum Gasteiger partial charge on any atom is -0.390 e. The van der Waals surface area contributed by atoms with Gasteiger partial charge < -0.3 is 10.0 Å². The van der Waals surface area contributed by atoms with E-state index in [4.69, 9.17) is 0 Å². The van der Waals surface area contributed by atoms with Crippen LogP contribution in [0.1, 0.15) is 97.3 Å². The number of hydrogen-bond acceptors (Lipinski definition) is 2. The molecule has 0 aromatic heterocycles. The van der Waals surface area contributed by atoms with E-state index in [-0.39, 0.29) is 0 Å². The van der Waals surface area contributed by atoms with Crippen LogP contribution in [0.2, 0.25) is 0 Å². The van der Waals surface area contributed by atoms with Crippen molar-refractivity contribution in [2.24, 2.45) is 0 Å². The van der Waals surface area contributed by atoms with Crippen LogP contribution >= 0.6 is 0 Å². The Kier molecular flexibility index (Phi) is 10.4. The Balaban J connectivity index is 1.88. The van der Waals surface area contributed by atoms with Gasteiger partial charge in [0.25, 0.3) is 0 Å². The van der Waals surface area contributed by atoms with E-state index in [2.05, 4.69) is 11.8 Å². The first-order valence-electron chi connectivity index (χ1n) is 9.59. The Morgan fingerprint density at radius 2 is 1.38 bits per heavy atom.